The van der Waals surface area contributed by atoms with Crippen molar-refractivity contribution in [2.75, 3.05) is 40.0 Å². The molecule has 130 valence electrons. The molecule has 0 saturated carbocycles. The molecule has 0 bridgehead atoms. The summed E-state index contributed by atoms with van der Waals surface area (Å²) in [5.41, 5.74) is 0.941. The largest absolute Gasteiger partial charge is 0.382 e. The Morgan fingerprint density at radius 3 is 2.70 bits per heavy atom. The number of hydrogen-bond acceptors (Lipinski definition) is 3. The third-order valence-electron chi connectivity index (χ3n) is 2.96. The summed E-state index contributed by atoms with van der Waals surface area (Å²) in [6, 6.07) is 5.43. The van der Waals surface area contributed by atoms with Crippen LogP contribution in [-0.4, -0.2) is 46.0 Å². The topological polar surface area (TPSA) is 54.9 Å². The number of nitrogens with one attached hydrogen (secondary N) is 2. The Kier molecular flexibility index (Phi) is 10.8. The van der Waals surface area contributed by atoms with Gasteiger partial charge in [-0.2, -0.15) is 0 Å². The van der Waals surface area contributed by atoms with Crippen molar-refractivity contribution in [1.82, 2.24) is 10.6 Å². The number of guanidine groups is 1. The number of hydrogen-bond donors (Lipinski definition) is 2. The van der Waals surface area contributed by atoms with Crippen LogP contribution in [0.25, 0.3) is 0 Å². The standard InChI is InChI=1S/C16H25Cl2N3O2/c1-3-19-16(20-7-4-8-23-10-9-22-2)21-12-13-5-6-14(17)11-15(13)18/h5-6,11H,3-4,7-10,12H2,1-2H3,(H2,19,20,21). The van der Waals surface area contributed by atoms with Crippen molar-refractivity contribution >= 4 is 29.2 Å². The lowest BCUT2D eigenvalue weighted by Gasteiger charge is -2.11. The predicted octanol–water partition coefficient (Wildman–Crippen LogP) is 3.10. The highest BCUT2D eigenvalue weighted by Gasteiger charge is 2.02. The van der Waals surface area contributed by atoms with E-state index in [9.17, 15) is 0 Å². The average Bonchev–Trinajstić information content (AvgIpc) is 2.53. The van der Waals surface area contributed by atoms with E-state index in [2.05, 4.69) is 15.6 Å². The van der Waals surface area contributed by atoms with E-state index in [0.29, 0.717) is 36.4 Å². The van der Waals surface area contributed by atoms with Gasteiger partial charge in [-0.1, -0.05) is 29.3 Å². The molecule has 0 amide bonds. The van der Waals surface area contributed by atoms with E-state index in [-0.39, 0.29) is 0 Å². The maximum absolute atomic E-state index is 6.16. The Labute approximate surface area is 148 Å². The molecule has 0 saturated heterocycles. The predicted molar refractivity (Wildman–Crippen MR) is 96.6 cm³/mol. The van der Waals surface area contributed by atoms with Crippen LogP contribution >= 0.6 is 23.2 Å². The highest BCUT2D eigenvalue weighted by Crippen LogP contribution is 2.21. The summed E-state index contributed by atoms with van der Waals surface area (Å²) in [5, 5.41) is 7.73. The second kappa shape index (κ2) is 12.4. The van der Waals surface area contributed by atoms with Gasteiger partial charge in [0.1, 0.15) is 0 Å². The van der Waals surface area contributed by atoms with Gasteiger partial charge in [0.15, 0.2) is 5.96 Å². The first-order valence-electron chi connectivity index (χ1n) is 7.70. The smallest absolute Gasteiger partial charge is 0.191 e. The number of ether oxygens (including phenoxy) is 2. The van der Waals surface area contributed by atoms with Crippen LogP contribution in [0.4, 0.5) is 0 Å². The number of aliphatic imine (C=N–C) groups is 1. The van der Waals surface area contributed by atoms with E-state index in [1.54, 1.807) is 13.2 Å². The maximum Gasteiger partial charge on any atom is 0.191 e. The Morgan fingerprint density at radius 2 is 2.00 bits per heavy atom. The van der Waals surface area contributed by atoms with Gasteiger partial charge in [0.05, 0.1) is 19.8 Å². The fraction of sp³-hybridized carbons (Fsp3) is 0.562. The summed E-state index contributed by atoms with van der Waals surface area (Å²) < 4.78 is 10.3. The Morgan fingerprint density at radius 1 is 1.17 bits per heavy atom. The van der Waals surface area contributed by atoms with Crippen LogP contribution in [-0.2, 0) is 16.0 Å². The van der Waals surface area contributed by atoms with Crippen molar-refractivity contribution in [3.05, 3.63) is 33.8 Å². The van der Waals surface area contributed by atoms with Crippen LogP contribution in [0, 0.1) is 0 Å². The number of rotatable bonds is 10. The Bertz CT molecular complexity index is 484. The molecule has 2 N–H and O–H groups in total. The molecule has 0 spiro atoms. The molecule has 5 nitrogen and oxygen atoms in total. The first-order chi connectivity index (χ1) is 11.2. The maximum atomic E-state index is 6.16. The molecule has 7 heteroatoms. The summed E-state index contributed by atoms with van der Waals surface area (Å²) in [7, 11) is 1.66. The molecule has 0 aliphatic carbocycles. The van der Waals surface area contributed by atoms with Crippen molar-refractivity contribution in [3.63, 3.8) is 0 Å². The molecule has 0 atom stereocenters. The summed E-state index contributed by atoms with van der Waals surface area (Å²) >= 11 is 12.1. The molecule has 0 aromatic heterocycles. The van der Waals surface area contributed by atoms with E-state index in [1.807, 2.05) is 19.1 Å². The lowest BCUT2D eigenvalue weighted by molar-refractivity contribution is 0.0698. The normalized spacial score (nSPS) is 11.6. The molecular weight excluding hydrogens is 337 g/mol. The average molecular weight is 362 g/mol. The number of nitrogens with zero attached hydrogens (tertiary/aromatic N) is 1. The first-order valence-corrected chi connectivity index (χ1v) is 8.45. The first kappa shape index (κ1) is 20.0. The zero-order chi connectivity index (χ0) is 16.9. The highest BCUT2D eigenvalue weighted by molar-refractivity contribution is 6.35. The van der Waals surface area contributed by atoms with Crippen LogP contribution < -0.4 is 10.6 Å². The lowest BCUT2D eigenvalue weighted by atomic mass is 10.2. The molecule has 0 aliphatic rings. The van der Waals surface area contributed by atoms with Crippen molar-refractivity contribution in [2.24, 2.45) is 4.99 Å². The van der Waals surface area contributed by atoms with E-state index < -0.39 is 0 Å². The molecule has 0 heterocycles. The van der Waals surface area contributed by atoms with Gasteiger partial charge in [-0.25, -0.2) is 4.99 Å². The highest BCUT2D eigenvalue weighted by atomic mass is 35.5. The summed E-state index contributed by atoms with van der Waals surface area (Å²) in [4.78, 5) is 4.53. The van der Waals surface area contributed by atoms with Crippen LogP contribution in [0.5, 0.6) is 0 Å². The molecular formula is C16H25Cl2N3O2. The minimum Gasteiger partial charge on any atom is -0.382 e. The fourth-order valence-electron chi connectivity index (χ4n) is 1.78. The van der Waals surface area contributed by atoms with Crippen molar-refractivity contribution in [2.45, 2.75) is 19.9 Å². The monoisotopic (exact) mass is 361 g/mol. The van der Waals surface area contributed by atoms with Crippen molar-refractivity contribution < 1.29 is 9.47 Å². The van der Waals surface area contributed by atoms with E-state index in [4.69, 9.17) is 32.7 Å². The second-order valence-corrected chi connectivity index (χ2v) is 5.66. The molecule has 0 unspecified atom stereocenters. The number of benzene rings is 1. The molecule has 0 radical (unpaired) electrons. The van der Waals surface area contributed by atoms with E-state index in [0.717, 1.165) is 31.0 Å². The molecule has 0 aliphatic heterocycles. The zero-order valence-corrected chi connectivity index (χ0v) is 15.2. The Hall–Kier alpha value is -1.01. The molecule has 1 aromatic carbocycles. The van der Waals surface area contributed by atoms with Gasteiger partial charge < -0.3 is 20.1 Å². The summed E-state index contributed by atoms with van der Waals surface area (Å²) in [6.45, 7) is 6.05. The van der Waals surface area contributed by atoms with Crippen LogP contribution in [0.3, 0.4) is 0 Å². The summed E-state index contributed by atoms with van der Waals surface area (Å²) in [6.07, 6.45) is 0.899. The summed E-state index contributed by atoms with van der Waals surface area (Å²) in [5.74, 6) is 0.760. The van der Waals surface area contributed by atoms with Crippen LogP contribution in [0.2, 0.25) is 10.0 Å². The van der Waals surface area contributed by atoms with Gasteiger partial charge in [0.25, 0.3) is 0 Å². The van der Waals surface area contributed by atoms with Gasteiger partial charge in [0.2, 0.25) is 0 Å². The van der Waals surface area contributed by atoms with Gasteiger partial charge in [-0.3, -0.25) is 0 Å². The minimum absolute atomic E-state index is 0.496. The minimum atomic E-state index is 0.496. The number of methoxy groups -OCH3 is 1. The molecule has 1 rings (SSSR count). The lowest BCUT2D eigenvalue weighted by Crippen LogP contribution is -2.38. The molecule has 23 heavy (non-hydrogen) atoms. The molecule has 0 fully saturated rings. The molecule has 1 aromatic rings. The van der Waals surface area contributed by atoms with Crippen LogP contribution in [0.1, 0.15) is 18.9 Å². The van der Waals surface area contributed by atoms with Crippen LogP contribution in [0.15, 0.2) is 23.2 Å². The van der Waals surface area contributed by atoms with Gasteiger partial charge >= 0.3 is 0 Å². The van der Waals surface area contributed by atoms with E-state index in [1.165, 1.54) is 0 Å². The van der Waals surface area contributed by atoms with Gasteiger partial charge in [0, 0.05) is 36.9 Å². The van der Waals surface area contributed by atoms with E-state index >= 15 is 0 Å². The SMILES string of the molecule is CCNC(=NCc1ccc(Cl)cc1Cl)NCCCOCCOC. The van der Waals surface area contributed by atoms with Crippen molar-refractivity contribution in [1.29, 1.82) is 0 Å². The zero-order valence-electron chi connectivity index (χ0n) is 13.7. The second-order valence-electron chi connectivity index (χ2n) is 4.82. The Balaban J connectivity index is 2.38. The fourth-order valence-corrected chi connectivity index (χ4v) is 2.25. The third kappa shape index (κ3) is 9.01. The van der Waals surface area contributed by atoms with Gasteiger partial charge in [-0.05, 0) is 31.0 Å². The van der Waals surface area contributed by atoms with Crippen molar-refractivity contribution in [3.8, 4) is 0 Å². The third-order valence-corrected chi connectivity index (χ3v) is 3.54. The number of halogens is 2. The quantitative estimate of drug-likeness (QED) is 0.382. The van der Waals surface area contributed by atoms with Gasteiger partial charge in [-0.15, -0.1) is 0 Å².